The van der Waals surface area contributed by atoms with Crippen molar-refractivity contribution < 1.29 is 9.59 Å². The van der Waals surface area contributed by atoms with Crippen LogP contribution in [0.1, 0.15) is 27.0 Å². The maximum Gasteiger partial charge on any atom is 0.263 e. The van der Waals surface area contributed by atoms with Gasteiger partial charge < -0.3 is 15.2 Å². The van der Waals surface area contributed by atoms with Gasteiger partial charge in [0.1, 0.15) is 5.56 Å². The topological polar surface area (TPSA) is 93.1 Å². The van der Waals surface area contributed by atoms with Crippen molar-refractivity contribution in [2.45, 2.75) is 20.4 Å². The number of aromatic nitrogens is 2. The van der Waals surface area contributed by atoms with Crippen molar-refractivity contribution in [1.29, 1.82) is 0 Å². The summed E-state index contributed by atoms with van der Waals surface area (Å²) in [6, 6.07) is 12.7. The average Bonchev–Trinajstić information content (AvgIpc) is 2.71. The molecule has 2 amide bonds. The van der Waals surface area contributed by atoms with E-state index >= 15 is 0 Å². The van der Waals surface area contributed by atoms with Gasteiger partial charge in [0.05, 0.1) is 13.1 Å². The first kappa shape index (κ1) is 20.0. The van der Waals surface area contributed by atoms with Gasteiger partial charge in [-0.1, -0.05) is 24.3 Å². The molecule has 0 bridgehead atoms. The molecule has 148 valence electrons. The third-order valence-electron chi connectivity index (χ3n) is 4.50. The van der Waals surface area contributed by atoms with Crippen LogP contribution in [-0.4, -0.2) is 27.9 Å². The Balaban J connectivity index is 1.70. The van der Waals surface area contributed by atoms with Gasteiger partial charge in [-0.15, -0.1) is 0 Å². The molecule has 2 N–H and O–H groups in total. The highest BCUT2D eigenvalue weighted by Gasteiger charge is 2.17. The van der Waals surface area contributed by atoms with Crippen LogP contribution in [0.3, 0.4) is 0 Å². The monoisotopic (exact) mass is 390 g/mol. The van der Waals surface area contributed by atoms with Crippen LogP contribution in [-0.2, 0) is 11.3 Å². The van der Waals surface area contributed by atoms with Gasteiger partial charge >= 0.3 is 0 Å². The van der Waals surface area contributed by atoms with Gasteiger partial charge in [-0.25, -0.2) is 0 Å². The molecule has 0 atom stereocenters. The van der Waals surface area contributed by atoms with E-state index in [0.29, 0.717) is 17.8 Å². The number of anilines is 1. The zero-order valence-electron chi connectivity index (χ0n) is 16.3. The fourth-order valence-corrected chi connectivity index (χ4v) is 2.91. The molecule has 1 aromatic carbocycles. The number of nitrogens with one attached hydrogen (secondary N) is 2. The molecule has 0 saturated carbocycles. The quantitative estimate of drug-likeness (QED) is 0.675. The minimum Gasteiger partial charge on any atom is -0.343 e. The molecule has 0 spiro atoms. The number of para-hydroxylation sites is 1. The number of carbonyl (C=O) groups excluding carboxylic acids is 2. The minimum absolute atomic E-state index is 0.0279. The molecular weight excluding hydrogens is 368 g/mol. The van der Waals surface area contributed by atoms with E-state index in [0.717, 1.165) is 11.1 Å². The molecule has 0 radical (unpaired) electrons. The summed E-state index contributed by atoms with van der Waals surface area (Å²) < 4.78 is 1.45. The number of hydrogen-bond donors (Lipinski definition) is 2. The zero-order valence-corrected chi connectivity index (χ0v) is 16.3. The van der Waals surface area contributed by atoms with Crippen LogP contribution in [0.5, 0.6) is 0 Å². The molecule has 2 aromatic heterocycles. The van der Waals surface area contributed by atoms with E-state index in [4.69, 9.17) is 0 Å². The summed E-state index contributed by atoms with van der Waals surface area (Å²) >= 11 is 0. The fraction of sp³-hybridized carbons (Fsp3) is 0.182. The molecule has 0 aliphatic carbocycles. The SMILES string of the molecule is Cc1ccccc1NC(=O)CNC(=O)c1c(C)ccn(Cc2cccnc2)c1=O. The predicted octanol–water partition coefficient (Wildman–Crippen LogP) is 2.28. The van der Waals surface area contributed by atoms with E-state index in [1.54, 1.807) is 43.7 Å². The summed E-state index contributed by atoms with van der Waals surface area (Å²) in [7, 11) is 0. The van der Waals surface area contributed by atoms with E-state index in [1.165, 1.54) is 4.57 Å². The van der Waals surface area contributed by atoms with Crippen LogP contribution in [0, 0.1) is 13.8 Å². The van der Waals surface area contributed by atoms with Gasteiger partial charge in [-0.2, -0.15) is 0 Å². The molecule has 0 aliphatic heterocycles. The Kier molecular flexibility index (Phi) is 6.19. The molecule has 29 heavy (non-hydrogen) atoms. The Bertz CT molecular complexity index is 1090. The molecule has 0 unspecified atom stereocenters. The zero-order chi connectivity index (χ0) is 20.8. The van der Waals surface area contributed by atoms with Crippen molar-refractivity contribution in [2.75, 3.05) is 11.9 Å². The summed E-state index contributed by atoms with van der Waals surface area (Å²) in [6.07, 6.45) is 4.97. The van der Waals surface area contributed by atoms with Gasteiger partial charge in [-0.3, -0.25) is 19.4 Å². The van der Waals surface area contributed by atoms with Crippen molar-refractivity contribution in [1.82, 2.24) is 14.9 Å². The number of amides is 2. The second kappa shape index (κ2) is 8.97. The lowest BCUT2D eigenvalue weighted by molar-refractivity contribution is -0.115. The van der Waals surface area contributed by atoms with Gasteiger partial charge in [0, 0.05) is 24.3 Å². The summed E-state index contributed by atoms with van der Waals surface area (Å²) in [5, 5.41) is 5.28. The summed E-state index contributed by atoms with van der Waals surface area (Å²) in [5.74, 6) is -0.940. The first-order valence-electron chi connectivity index (χ1n) is 9.18. The Hall–Kier alpha value is -3.74. The van der Waals surface area contributed by atoms with Crippen molar-refractivity contribution in [2.24, 2.45) is 0 Å². The van der Waals surface area contributed by atoms with Crippen molar-refractivity contribution in [3.05, 3.63) is 93.7 Å². The van der Waals surface area contributed by atoms with Crippen LogP contribution < -0.4 is 16.2 Å². The maximum atomic E-state index is 12.8. The molecule has 7 nitrogen and oxygen atoms in total. The highest BCUT2D eigenvalue weighted by molar-refractivity contribution is 6.00. The lowest BCUT2D eigenvalue weighted by Gasteiger charge is -2.12. The molecular formula is C22H22N4O3. The average molecular weight is 390 g/mol. The molecule has 0 aliphatic rings. The highest BCUT2D eigenvalue weighted by atomic mass is 16.2. The number of pyridine rings is 2. The first-order chi connectivity index (χ1) is 14.0. The molecule has 0 fully saturated rings. The van der Waals surface area contributed by atoms with E-state index in [9.17, 15) is 14.4 Å². The molecule has 0 saturated heterocycles. The number of nitrogens with zero attached hydrogens (tertiary/aromatic N) is 2. The van der Waals surface area contributed by atoms with E-state index in [1.807, 2.05) is 31.2 Å². The Morgan fingerprint density at radius 3 is 2.55 bits per heavy atom. The van der Waals surface area contributed by atoms with Gasteiger partial charge in [0.25, 0.3) is 11.5 Å². The number of carbonyl (C=O) groups is 2. The highest BCUT2D eigenvalue weighted by Crippen LogP contribution is 2.12. The normalized spacial score (nSPS) is 10.4. The van der Waals surface area contributed by atoms with E-state index in [2.05, 4.69) is 15.6 Å². The second-order valence-electron chi connectivity index (χ2n) is 6.71. The summed E-state index contributed by atoms with van der Waals surface area (Å²) in [5.41, 5.74) is 2.62. The number of rotatable bonds is 6. The van der Waals surface area contributed by atoms with Gasteiger partial charge in [-0.05, 0) is 48.7 Å². The summed E-state index contributed by atoms with van der Waals surface area (Å²) in [4.78, 5) is 41.6. The van der Waals surface area contributed by atoms with Crippen LogP contribution in [0.25, 0.3) is 0 Å². The largest absolute Gasteiger partial charge is 0.343 e. The van der Waals surface area contributed by atoms with Gasteiger partial charge in [0.2, 0.25) is 5.91 Å². The smallest absolute Gasteiger partial charge is 0.263 e. The minimum atomic E-state index is -0.576. The van der Waals surface area contributed by atoms with Crippen molar-refractivity contribution in [3.8, 4) is 0 Å². The molecule has 3 rings (SSSR count). The van der Waals surface area contributed by atoms with E-state index < -0.39 is 11.5 Å². The first-order valence-corrected chi connectivity index (χ1v) is 9.18. The molecule has 2 heterocycles. The molecule has 7 heteroatoms. The number of hydrogen-bond acceptors (Lipinski definition) is 4. The van der Waals surface area contributed by atoms with Crippen LogP contribution >= 0.6 is 0 Å². The lowest BCUT2D eigenvalue weighted by atomic mass is 10.1. The Labute approximate surface area is 168 Å². The predicted molar refractivity (Wildman–Crippen MR) is 111 cm³/mol. The fourth-order valence-electron chi connectivity index (χ4n) is 2.91. The molecule has 3 aromatic rings. The Morgan fingerprint density at radius 1 is 1.03 bits per heavy atom. The van der Waals surface area contributed by atoms with E-state index in [-0.39, 0.29) is 18.0 Å². The van der Waals surface area contributed by atoms with Crippen molar-refractivity contribution in [3.63, 3.8) is 0 Å². The van der Waals surface area contributed by atoms with Crippen molar-refractivity contribution >= 4 is 17.5 Å². The number of benzene rings is 1. The Morgan fingerprint density at radius 2 is 1.83 bits per heavy atom. The van der Waals surface area contributed by atoms with Crippen LogP contribution in [0.2, 0.25) is 0 Å². The number of aryl methyl sites for hydroxylation is 2. The van der Waals surface area contributed by atoms with Crippen LogP contribution in [0.15, 0.2) is 65.8 Å². The van der Waals surface area contributed by atoms with Crippen LogP contribution in [0.4, 0.5) is 5.69 Å². The third kappa shape index (κ3) is 4.95. The lowest BCUT2D eigenvalue weighted by Crippen LogP contribution is -2.38. The third-order valence-corrected chi connectivity index (χ3v) is 4.50. The standard InChI is InChI=1S/C22H22N4O3/c1-15-6-3-4-8-18(15)25-19(27)13-24-21(28)20-16(2)9-11-26(22(20)29)14-17-7-5-10-23-12-17/h3-12H,13-14H2,1-2H3,(H,24,28)(H,25,27). The van der Waals surface area contributed by atoms with Gasteiger partial charge in [0.15, 0.2) is 0 Å². The second-order valence-corrected chi connectivity index (χ2v) is 6.71. The maximum absolute atomic E-state index is 12.8. The summed E-state index contributed by atoms with van der Waals surface area (Å²) in [6.45, 7) is 3.65.